The summed E-state index contributed by atoms with van der Waals surface area (Å²) in [5.41, 5.74) is 7.25. The second-order valence-corrected chi connectivity index (χ2v) is 5.44. The van der Waals surface area contributed by atoms with E-state index >= 15 is 0 Å². The van der Waals surface area contributed by atoms with Gasteiger partial charge in [-0.2, -0.15) is 0 Å². The van der Waals surface area contributed by atoms with Crippen molar-refractivity contribution in [2.75, 3.05) is 5.88 Å². The predicted molar refractivity (Wildman–Crippen MR) is 64.1 cm³/mol. The van der Waals surface area contributed by atoms with Crippen LogP contribution in [-0.4, -0.2) is 30.1 Å². The second-order valence-electron chi connectivity index (χ2n) is 5.06. The van der Waals surface area contributed by atoms with Gasteiger partial charge >= 0.3 is 7.12 Å². The van der Waals surface area contributed by atoms with Crippen LogP contribution in [0.15, 0.2) is 0 Å². The Labute approximate surface area is 97.8 Å². The number of halogens is 1. The highest BCUT2D eigenvalue weighted by molar-refractivity contribution is 6.48. The van der Waals surface area contributed by atoms with Crippen molar-refractivity contribution in [3.63, 3.8) is 0 Å². The van der Waals surface area contributed by atoms with E-state index < -0.39 is 7.12 Å². The lowest BCUT2D eigenvalue weighted by molar-refractivity contribution is 0.00578. The summed E-state index contributed by atoms with van der Waals surface area (Å²) in [4.78, 5) is 0. The summed E-state index contributed by atoms with van der Waals surface area (Å²) in [7, 11) is -0.418. The molecule has 0 aromatic rings. The molecule has 1 aliphatic rings. The van der Waals surface area contributed by atoms with Gasteiger partial charge in [-0.1, -0.05) is 6.42 Å². The molecule has 1 aliphatic heterocycles. The Balaban J connectivity index is 2.54. The van der Waals surface area contributed by atoms with Crippen molar-refractivity contribution >= 4 is 18.7 Å². The first-order valence-corrected chi connectivity index (χ1v) is 5.96. The molecule has 88 valence electrons. The minimum atomic E-state index is -0.418. The number of nitrogens with one attached hydrogen (secondary N) is 1. The maximum Gasteiger partial charge on any atom is 0.438 e. The summed E-state index contributed by atoms with van der Waals surface area (Å²) < 4.78 is 11.5. The van der Waals surface area contributed by atoms with Crippen LogP contribution in [0.5, 0.6) is 0 Å². The van der Waals surface area contributed by atoms with Crippen LogP contribution >= 0.6 is 11.6 Å². The average molecular weight is 233 g/mol. The molecule has 0 aromatic heterocycles. The van der Waals surface area contributed by atoms with E-state index in [-0.39, 0.29) is 17.1 Å². The van der Waals surface area contributed by atoms with Crippen molar-refractivity contribution in [3.05, 3.63) is 5.73 Å². The van der Waals surface area contributed by atoms with E-state index in [1.54, 1.807) is 0 Å². The molecule has 5 heteroatoms. The zero-order chi connectivity index (χ0) is 11.7. The minimum Gasteiger partial charge on any atom is -0.677 e. The number of rotatable bonds is 4. The van der Waals surface area contributed by atoms with E-state index in [9.17, 15) is 0 Å². The minimum absolute atomic E-state index is 0.335. The predicted octanol–water partition coefficient (Wildman–Crippen LogP) is 3.06. The molecule has 1 saturated heterocycles. The van der Waals surface area contributed by atoms with Gasteiger partial charge in [0.2, 0.25) is 0 Å². The molecule has 1 N–H and O–H groups in total. The van der Waals surface area contributed by atoms with Gasteiger partial charge in [-0.25, -0.2) is 0 Å². The molecule has 0 aromatic carbocycles. The SMILES string of the molecule is CC1(C)OB([C@@H]([NH-])CCCCl)OC1(C)C. The van der Waals surface area contributed by atoms with Crippen LogP contribution in [0.1, 0.15) is 40.5 Å². The molecule has 0 unspecified atom stereocenters. The monoisotopic (exact) mass is 232 g/mol. The Bertz CT molecular complexity index is 207. The third kappa shape index (κ3) is 2.87. The molecule has 0 spiro atoms. The first-order chi connectivity index (χ1) is 6.80. The summed E-state index contributed by atoms with van der Waals surface area (Å²) >= 11 is 5.60. The van der Waals surface area contributed by atoms with E-state index in [1.807, 2.05) is 27.7 Å². The van der Waals surface area contributed by atoms with Crippen LogP contribution < -0.4 is 0 Å². The van der Waals surface area contributed by atoms with Gasteiger partial charge in [-0.3, -0.25) is 0 Å². The van der Waals surface area contributed by atoms with Gasteiger partial charge in [0.1, 0.15) is 0 Å². The van der Waals surface area contributed by atoms with E-state index in [1.165, 1.54) is 0 Å². The number of hydrogen-bond donors (Lipinski definition) is 0. The van der Waals surface area contributed by atoms with Crippen LogP contribution in [-0.2, 0) is 9.31 Å². The van der Waals surface area contributed by atoms with Gasteiger partial charge in [0, 0.05) is 5.88 Å². The largest absolute Gasteiger partial charge is 0.677 e. The molecular weight excluding hydrogens is 212 g/mol. The van der Waals surface area contributed by atoms with Crippen LogP contribution in [0.4, 0.5) is 0 Å². The molecule has 1 heterocycles. The molecule has 1 rings (SSSR count). The molecule has 0 aliphatic carbocycles. The molecule has 1 atom stereocenters. The van der Waals surface area contributed by atoms with E-state index in [0.29, 0.717) is 5.88 Å². The molecule has 0 amide bonds. The van der Waals surface area contributed by atoms with Gasteiger partial charge in [-0.05, 0) is 34.1 Å². The van der Waals surface area contributed by atoms with Gasteiger partial charge < -0.3 is 15.0 Å². The Morgan fingerprint density at radius 3 is 2.07 bits per heavy atom. The van der Waals surface area contributed by atoms with E-state index in [0.717, 1.165) is 12.8 Å². The normalized spacial score (nSPS) is 25.6. The Hall–Kier alpha value is 0.235. The second kappa shape index (κ2) is 4.62. The molecule has 3 nitrogen and oxygen atoms in total. The molecule has 0 saturated carbocycles. The van der Waals surface area contributed by atoms with E-state index in [4.69, 9.17) is 26.6 Å². The number of hydrogen-bond acceptors (Lipinski definition) is 2. The standard InChI is InChI=1S/C10H20BClNO2/c1-9(2)10(3,4)15-11(14-9)8(13)6-5-7-12/h8,13H,5-7H2,1-4H3/q-1/t8-/m0/s1. The zero-order valence-corrected chi connectivity index (χ0v) is 10.7. The highest BCUT2D eigenvalue weighted by Crippen LogP contribution is 2.38. The Morgan fingerprint density at radius 1 is 1.20 bits per heavy atom. The fourth-order valence-electron chi connectivity index (χ4n) is 1.49. The van der Waals surface area contributed by atoms with E-state index in [2.05, 4.69) is 0 Å². The summed E-state index contributed by atoms with van der Waals surface area (Å²) in [5, 5.41) is 0. The van der Waals surface area contributed by atoms with Gasteiger partial charge in [-0.15, -0.1) is 17.5 Å². The molecule has 0 bridgehead atoms. The summed E-state index contributed by atoms with van der Waals surface area (Å²) in [6, 6.07) is 0. The van der Waals surface area contributed by atoms with Crippen LogP contribution in [0.25, 0.3) is 5.73 Å². The molecule has 15 heavy (non-hydrogen) atoms. The highest BCUT2D eigenvalue weighted by Gasteiger charge is 2.51. The Kier molecular flexibility index (Phi) is 4.10. The lowest BCUT2D eigenvalue weighted by atomic mass is 9.76. The van der Waals surface area contributed by atoms with Crippen LogP contribution in [0.2, 0.25) is 0 Å². The summed E-state index contributed by atoms with van der Waals surface area (Å²) in [6.07, 6.45) is 1.56. The van der Waals surface area contributed by atoms with Crippen molar-refractivity contribution in [2.45, 2.75) is 57.7 Å². The maximum absolute atomic E-state index is 7.92. The van der Waals surface area contributed by atoms with Crippen molar-refractivity contribution < 1.29 is 9.31 Å². The smallest absolute Gasteiger partial charge is 0.438 e. The van der Waals surface area contributed by atoms with Gasteiger partial charge in [0.15, 0.2) is 0 Å². The summed E-state index contributed by atoms with van der Waals surface area (Å²) in [6.45, 7) is 8.01. The number of alkyl halides is 1. The van der Waals surface area contributed by atoms with Crippen molar-refractivity contribution in [1.29, 1.82) is 0 Å². The average Bonchev–Trinajstić information content (AvgIpc) is 2.32. The lowest BCUT2D eigenvalue weighted by Gasteiger charge is -2.32. The Morgan fingerprint density at radius 2 is 1.67 bits per heavy atom. The molecule has 1 fully saturated rings. The highest BCUT2D eigenvalue weighted by atomic mass is 35.5. The summed E-state index contributed by atoms with van der Waals surface area (Å²) in [5.74, 6) is 0.249. The first kappa shape index (κ1) is 13.3. The van der Waals surface area contributed by atoms with Crippen molar-refractivity contribution in [3.8, 4) is 0 Å². The first-order valence-electron chi connectivity index (χ1n) is 5.43. The van der Waals surface area contributed by atoms with Gasteiger partial charge in [0.25, 0.3) is 0 Å². The van der Waals surface area contributed by atoms with Crippen LogP contribution in [0, 0.1) is 0 Å². The van der Waals surface area contributed by atoms with Crippen molar-refractivity contribution in [2.24, 2.45) is 0 Å². The maximum atomic E-state index is 7.92. The quantitative estimate of drug-likeness (QED) is 0.552. The molecule has 0 radical (unpaired) electrons. The van der Waals surface area contributed by atoms with Gasteiger partial charge in [0.05, 0.1) is 11.2 Å². The molecular formula is C10H20BClNO2-. The lowest BCUT2D eigenvalue weighted by Crippen LogP contribution is -2.41. The fourth-order valence-corrected chi connectivity index (χ4v) is 1.64. The van der Waals surface area contributed by atoms with Crippen molar-refractivity contribution in [1.82, 2.24) is 0 Å². The fraction of sp³-hybridized carbons (Fsp3) is 1.00. The third-order valence-electron chi connectivity index (χ3n) is 3.25. The zero-order valence-electron chi connectivity index (χ0n) is 9.97. The topological polar surface area (TPSA) is 42.3 Å². The van der Waals surface area contributed by atoms with Crippen LogP contribution in [0.3, 0.4) is 0 Å². The third-order valence-corrected chi connectivity index (χ3v) is 3.52.